The second-order valence-corrected chi connectivity index (χ2v) is 4.72. The van der Waals surface area contributed by atoms with Crippen LogP contribution in [0.1, 0.15) is 31.4 Å². The van der Waals surface area contributed by atoms with Gasteiger partial charge in [-0.1, -0.05) is 24.3 Å². The van der Waals surface area contributed by atoms with Crippen LogP contribution in [0.3, 0.4) is 0 Å². The molecule has 17 heavy (non-hydrogen) atoms. The lowest BCUT2D eigenvalue weighted by molar-refractivity contribution is -0.136. The molecule has 0 aliphatic heterocycles. The number of nitrogens with zero attached hydrogens (tertiary/aromatic N) is 1. The molecule has 0 saturated heterocycles. The van der Waals surface area contributed by atoms with E-state index in [0.29, 0.717) is 12.5 Å². The normalized spacial score (nSPS) is 11.1. The van der Waals surface area contributed by atoms with Crippen molar-refractivity contribution in [3.05, 3.63) is 35.4 Å². The van der Waals surface area contributed by atoms with Crippen LogP contribution in [0.5, 0.6) is 0 Å². The molecule has 0 saturated carbocycles. The summed E-state index contributed by atoms with van der Waals surface area (Å²) in [6, 6.07) is 8.73. The lowest BCUT2D eigenvalue weighted by Crippen LogP contribution is -2.25. The van der Waals surface area contributed by atoms with Crippen molar-refractivity contribution in [2.45, 2.75) is 39.3 Å². The molecule has 1 N–H and O–H groups in total. The lowest BCUT2D eigenvalue weighted by atomic mass is 10.1. The van der Waals surface area contributed by atoms with Gasteiger partial charge in [-0.3, -0.25) is 9.69 Å². The maximum atomic E-state index is 10.5. The standard InChI is InChI=1S/C14H21NO2/c1-11(2)15(3)10-13-6-4-12(5-7-13)8-9-14(16)17/h4-7,11H,8-10H2,1-3H3,(H,16,17). The summed E-state index contributed by atoms with van der Waals surface area (Å²) in [6.07, 6.45) is 0.806. The molecule has 3 nitrogen and oxygen atoms in total. The summed E-state index contributed by atoms with van der Waals surface area (Å²) in [6.45, 7) is 5.26. The Balaban J connectivity index is 2.53. The molecule has 1 aromatic carbocycles. The molecule has 94 valence electrons. The fourth-order valence-electron chi connectivity index (χ4n) is 1.53. The number of aryl methyl sites for hydroxylation is 1. The molecule has 0 unspecified atom stereocenters. The van der Waals surface area contributed by atoms with Crippen LogP contribution < -0.4 is 0 Å². The van der Waals surface area contributed by atoms with Crippen LogP contribution in [0, 0.1) is 0 Å². The Bertz CT molecular complexity index is 357. The van der Waals surface area contributed by atoms with Gasteiger partial charge >= 0.3 is 5.97 Å². The number of carbonyl (C=O) groups is 1. The number of aliphatic carboxylic acids is 1. The van der Waals surface area contributed by atoms with Crippen molar-refractivity contribution in [1.29, 1.82) is 0 Å². The number of hydrogen-bond donors (Lipinski definition) is 1. The summed E-state index contributed by atoms with van der Waals surface area (Å²) in [4.78, 5) is 12.7. The highest BCUT2D eigenvalue weighted by atomic mass is 16.4. The monoisotopic (exact) mass is 235 g/mol. The molecule has 0 aliphatic rings. The van der Waals surface area contributed by atoms with Gasteiger partial charge in [-0.2, -0.15) is 0 Å². The van der Waals surface area contributed by atoms with Gasteiger partial charge < -0.3 is 5.11 Å². The van der Waals surface area contributed by atoms with E-state index in [1.54, 1.807) is 0 Å². The summed E-state index contributed by atoms with van der Waals surface area (Å²) < 4.78 is 0. The van der Waals surface area contributed by atoms with Crippen LogP contribution in [0.15, 0.2) is 24.3 Å². The van der Waals surface area contributed by atoms with Crippen molar-refractivity contribution < 1.29 is 9.90 Å². The molecular formula is C14H21NO2. The minimum Gasteiger partial charge on any atom is -0.481 e. The van der Waals surface area contributed by atoms with Crippen LogP contribution in [0.2, 0.25) is 0 Å². The lowest BCUT2D eigenvalue weighted by Gasteiger charge is -2.21. The topological polar surface area (TPSA) is 40.5 Å². The van der Waals surface area contributed by atoms with Gasteiger partial charge in [0.15, 0.2) is 0 Å². The molecule has 0 spiro atoms. The molecule has 3 heteroatoms. The maximum Gasteiger partial charge on any atom is 0.303 e. The SMILES string of the molecule is CC(C)N(C)Cc1ccc(CCC(=O)O)cc1. The number of benzene rings is 1. The molecule has 1 rings (SSSR count). The molecule has 0 atom stereocenters. The molecule has 0 aromatic heterocycles. The molecule has 0 bridgehead atoms. The highest BCUT2D eigenvalue weighted by Gasteiger charge is 2.04. The van der Waals surface area contributed by atoms with Crippen molar-refractivity contribution in [1.82, 2.24) is 4.90 Å². The largest absolute Gasteiger partial charge is 0.481 e. The van der Waals surface area contributed by atoms with Gasteiger partial charge in [-0.25, -0.2) is 0 Å². The Morgan fingerprint density at radius 2 is 1.76 bits per heavy atom. The second kappa shape index (κ2) is 6.40. The van der Waals surface area contributed by atoms with Crippen molar-refractivity contribution in [2.24, 2.45) is 0 Å². The van der Waals surface area contributed by atoms with E-state index < -0.39 is 5.97 Å². The van der Waals surface area contributed by atoms with Crippen molar-refractivity contribution in [2.75, 3.05) is 7.05 Å². The van der Waals surface area contributed by atoms with Gasteiger partial charge in [-0.05, 0) is 38.4 Å². The number of rotatable bonds is 6. The minimum atomic E-state index is -0.742. The minimum absolute atomic E-state index is 0.200. The molecule has 0 radical (unpaired) electrons. The molecule has 0 amide bonds. The second-order valence-electron chi connectivity index (χ2n) is 4.72. The van der Waals surface area contributed by atoms with E-state index in [-0.39, 0.29) is 6.42 Å². The third kappa shape index (κ3) is 5.00. The van der Waals surface area contributed by atoms with Crippen molar-refractivity contribution >= 4 is 5.97 Å². The Kier molecular flexibility index (Phi) is 5.16. The number of hydrogen-bond acceptors (Lipinski definition) is 2. The summed E-state index contributed by atoms with van der Waals surface area (Å²) in [5.41, 5.74) is 2.35. The first-order valence-electron chi connectivity index (χ1n) is 5.99. The zero-order valence-corrected chi connectivity index (χ0v) is 10.8. The van der Waals surface area contributed by atoms with Gasteiger partial charge in [0, 0.05) is 19.0 Å². The summed E-state index contributed by atoms with van der Waals surface area (Å²) >= 11 is 0. The average Bonchev–Trinajstić information content (AvgIpc) is 2.28. The number of carboxylic acid groups (broad SMARTS) is 1. The smallest absolute Gasteiger partial charge is 0.303 e. The fraction of sp³-hybridized carbons (Fsp3) is 0.500. The molecule has 0 heterocycles. The van der Waals surface area contributed by atoms with Crippen molar-refractivity contribution in [3.63, 3.8) is 0 Å². The van der Waals surface area contributed by atoms with E-state index >= 15 is 0 Å². The van der Waals surface area contributed by atoms with Gasteiger partial charge in [-0.15, -0.1) is 0 Å². The van der Waals surface area contributed by atoms with Gasteiger partial charge in [0.25, 0.3) is 0 Å². The van der Waals surface area contributed by atoms with E-state index in [0.717, 1.165) is 12.1 Å². The quantitative estimate of drug-likeness (QED) is 0.823. The predicted octanol–water partition coefficient (Wildman–Crippen LogP) is 2.54. The van der Waals surface area contributed by atoms with E-state index in [1.165, 1.54) is 5.56 Å². The zero-order chi connectivity index (χ0) is 12.8. The van der Waals surface area contributed by atoms with Crippen LogP contribution in [0.4, 0.5) is 0 Å². The van der Waals surface area contributed by atoms with E-state index in [9.17, 15) is 4.79 Å². The maximum absolute atomic E-state index is 10.5. The number of carboxylic acids is 1. The fourth-order valence-corrected chi connectivity index (χ4v) is 1.53. The van der Waals surface area contributed by atoms with Gasteiger partial charge in [0.2, 0.25) is 0 Å². The Hall–Kier alpha value is -1.35. The Morgan fingerprint density at radius 3 is 2.24 bits per heavy atom. The van der Waals surface area contributed by atoms with Gasteiger partial charge in [0.05, 0.1) is 0 Å². The first kappa shape index (κ1) is 13.7. The summed E-state index contributed by atoms with van der Waals surface area (Å²) in [5, 5.41) is 8.60. The third-order valence-corrected chi connectivity index (χ3v) is 2.96. The molecular weight excluding hydrogens is 214 g/mol. The van der Waals surface area contributed by atoms with E-state index in [1.807, 2.05) is 12.1 Å². The summed E-state index contributed by atoms with van der Waals surface area (Å²) in [5.74, 6) is -0.742. The first-order valence-corrected chi connectivity index (χ1v) is 5.99. The van der Waals surface area contributed by atoms with Crippen LogP contribution in [0.25, 0.3) is 0 Å². The van der Waals surface area contributed by atoms with Crippen LogP contribution in [-0.2, 0) is 17.8 Å². The van der Waals surface area contributed by atoms with E-state index in [4.69, 9.17) is 5.11 Å². The Morgan fingerprint density at radius 1 is 1.24 bits per heavy atom. The summed E-state index contributed by atoms with van der Waals surface area (Å²) in [7, 11) is 2.10. The third-order valence-electron chi connectivity index (χ3n) is 2.96. The van der Waals surface area contributed by atoms with Gasteiger partial charge in [0.1, 0.15) is 0 Å². The highest BCUT2D eigenvalue weighted by molar-refractivity contribution is 5.67. The van der Waals surface area contributed by atoms with E-state index in [2.05, 4.69) is 37.9 Å². The molecule has 1 aromatic rings. The van der Waals surface area contributed by atoms with Crippen LogP contribution in [-0.4, -0.2) is 29.1 Å². The Labute approximate surface area is 103 Å². The molecule has 0 aliphatic carbocycles. The average molecular weight is 235 g/mol. The first-order chi connectivity index (χ1) is 7.99. The zero-order valence-electron chi connectivity index (χ0n) is 10.8. The predicted molar refractivity (Wildman–Crippen MR) is 69.0 cm³/mol. The highest BCUT2D eigenvalue weighted by Crippen LogP contribution is 2.10. The van der Waals surface area contributed by atoms with Crippen LogP contribution >= 0.6 is 0 Å². The van der Waals surface area contributed by atoms with Crippen molar-refractivity contribution in [3.8, 4) is 0 Å². The molecule has 0 fully saturated rings.